The van der Waals surface area contributed by atoms with Crippen LogP contribution in [0.2, 0.25) is 0 Å². The lowest BCUT2D eigenvalue weighted by atomic mass is 10.1. The number of rotatable bonds is 8. The third kappa shape index (κ3) is 3.79. The highest BCUT2D eigenvalue weighted by Gasteiger charge is 2.18. The largest absolute Gasteiger partial charge is 0.332 e. The molecule has 0 bridgehead atoms. The Kier molecular flexibility index (Phi) is 6.11. The molecule has 0 aliphatic rings. The molecule has 3 rings (SSSR count). The third-order valence-corrected chi connectivity index (χ3v) is 5.24. The Bertz CT molecular complexity index is 1090. The summed E-state index contributed by atoms with van der Waals surface area (Å²) in [7, 11) is 1.79. The van der Waals surface area contributed by atoms with E-state index < -0.39 is 0 Å². The summed E-state index contributed by atoms with van der Waals surface area (Å²) in [5.41, 5.74) is 0.829. The molecule has 0 amide bonds. The Morgan fingerprint density at radius 2 is 1.75 bits per heavy atom. The quantitative estimate of drug-likeness (QED) is 0.559. The molecule has 2 aromatic heterocycles. The normalized spacial score (nSPS) is 11.4. The fourth-order valence-electron chi connectivity index (χ4n) is 3.52. The first-order valence-corrected chi connectivity index (χ1v) is 9.85. The van der Waals surface area contributed by atoms with Crippen LogP contribution in [0.5, 0.6) is 0 Å². The Morgan fingerprint density at radius 1 is 1.04 bits per heavy atom. The average molecular weight is 386 g/mol. The molecule has 0 aliphatic heterocycles. The van der Waals surface area contributed by atoms with Crippen molar-refractivity contribution < 1.29 is 4.39 Å². The van der Waals surface area contributed by atoms with Crippen LogP contribution in [0.25, 0.3) is 11.2 Å². The second-order valence-electron chi connectivity index (χ2n) is 7.18. The number of unbranched alkanes of at least 4 members (excludes halogenated alkanes) is 2. The van der Waals surface area contributed by atoms with Gasteiger partial charge in [-0.2, -0.15) is 0 Å². The van der Waals surface area contributed by atoms with Crippen LogP contribution >= 0.6 is 0 Å². The Labute approximate surface area is 163 Å². The summed E-state index contributed by atoms with van der Waals surface area (Å²) in [5.74, 6) is 0.435. The molecule has 2 heterocycles. The molecule has 0 aliphatic carbocycles. The van der Waals surface area contributed by atoms with Crippen molar-refractivity contribution in [2.45, 2.75) is 59.0 Å². The molecule has 28 heavy (non-hydrogen) atoms. The minimum absolute atomic E-state index is 0.250. The fourth-order valence-corrected chi connectivity index (χ4v) is 3.52. The number of imidazole rings is 1. The molecule has 7 heteroatoms. The molecule has 0 atom stereocenters. The number of aryl methyl sites for hydroxylation is 4. The number of aromatic nitrogens is 4. The zero-order chi connectivity index (χ0) is 20.3. The van der Waals surface area contributed by atoms with Crippen molar-refractivity contribution in [2.24, 2.45) is 7.05 Å². The first-order chi connectivity index (χ1) is 13.5. The van der Waals surface area contributed by atoms with E-state index in [4.69, 9.17) is 0 Å². The number of benzene rings is 1. The first-order valence-electron chi connectivity index (χ1n) is 9.85. The summed E-state index contributed by atoms with van der Waals surface area (Å²) in [4.78, 5) is 30.5. The maximum Gasteiger partial charge on any atom is 0.332 e. The van der Waals surface area contributed by atoms with Gasteiger partial charge in [-0.1, -0.05) is 38.0 Å². The van der Waals surface area contributed by atoms with Gasteiger partial charge in [0, 0.05) is 20.1 Å². The molecule has 0 unspecified atom stereocenters. The smallest absolute Gasteiger partial charge is 0.325 e. The van der Waals surface area contributed by atoms with E-state index >= 15 is 0 Å². The molecule has 0 fully saturated rings. The molecule has 6 nitrogen and oxygen atoms in total. The molecule has 3 aromatic rings. The van der Waals surface area contributed by atoms with Crippen LogP contribution in [-0.2, 0) is 26.6 Å². The summed E-state index contributed by atoms with van der Waals surface area (Å²) in [6.45, 7) is 4.71. The van der Waals surface area contributed by atoms with E-state index in [1.54, 1.807) is 34.4 Å². The molecule has 0 radical (unpaired) electrons. The summed E-state index contributed by atoms with van der Waals surface area (Å²) >= 11 is 0. The van der Waals surface area contributed by atoms with Crippen LogP contribution in [-0.4, -0.2) is 18.7 Å². The number of nitrogens with zero attached hydrogens (tertiary/aromatic N) is 4. The highest BCUT2D eigenvalue weighted by molar-refractivity contribution is 5.70. The molecule has 0 saturated heterocycles. The monoisotopic (exact) mass is 386 g/mol. The van der Waals surface area contributed by atoms with E-state index in [0.717, 1.165) is 19.3 Å². The average Bonchev–Trinajstić information content (AvgIpc) is 2.97. The topological polar surface area (TPSA) is 61.8 Å². The van der Waals surface area contributed by atoms with Gasteiger partial charge in [0.05, 0.1) is 0 Å². The van der Waals surface area contributed by atoms with Gasteiger partial charge < -0.3 is 4.57 Å². The van der Waals surface area contributed by atoms with E-state index in [1.165, 1.54) is 10.6 Å². The van der Waals surface area contributed by atoms with E-state index in [2.05, 4.69) is 11.9 Å². The van der Waals surface area contributed by atoms with Crippen LogP contribution in [0.4, 0.5) is 4.39 Å². The highest BCUT2D eigenvalue weighted by atomic mass is 19.1. The SMILES string of the molecule is CCCCCn1c(=O)n(CCCc2ccccc2F)c(=O)c2c1nc(C)n2C. The standard InChI is InChI=1S/C21H27FN4O2/c1-4-5-8-13-25-19-18(24(3)15(2)23-19)20(27)26(21(25)28)14-9-11-16-10-6-7-12-17(16)22/h6-7,10,12H,4-5,8-9,11,13-14H2,1-3H3. The molecule has 0 spiro atoms. The number of fused-ring (bicyclic) bond motifs is 1. The Balaban J connectivity index is 1.97. The van der Waals surface area contributed by atoms with E-state index in [1.807, 2.05) is 6.92 Å². The van der Waals surface area contributed by atoms with Gasteiger partial charge in [0.1, 0.15) is 11.6 Å². The summed E-state index contributed by atoms with van der Waals surface area (Å²) in [6, 6.07) is 6.59. The van der Waals surface area contributed by atoms with E-state index in [0.29, 0.717) is 41.9 Å². The molecule has 0 saturated carbocycles. The second-order valence-corrected chi connectivity index (χ2v) is 7.18. The maximum absolute atomic E-state index is 13.8. The molecular weight excluding hydrogens is 359 g/mol. The van der Waals surface area contributed by atoms with Gasteiger partial charge in [-0.3, -0.25) is 13.9 Å². The minimum atomic E-state index is -0.333. The lowest BCUT2D eigenvalue weighted by molar-refractivity contribution is 0.521. The van der Waals surface area contributed by atoms with Crippen LogP contribution in [0, 0.1) is 12.7 Å². The van der Waals surface area contributed by atoms with Gasteiger partial charge in [0.15, 0.2) is 11.2 Å². The van der Waals surface area contributed by atoms with Gasteiger partial charge in [-0.05, 0) is 37.8 Å². The predicted molar refractivity (Wildman–Crippen MR) is 108 cm³/mol. The van der Waals surface area contributed by atoms with Crippen LogP contribution in [0.1, 0.15) is 44.0 Å². The van der Waals surface area contributed by atoms with Crippen molar-refractivity contribution in [2.75, 3.05) is 0 Å². The van der Waals surface area contributed by atoms with Crippen molar-refractivity contribution in [3.05, 3.63) is 62.3 Å². The van der Waals surface area contributed by atoms with Crippen molar-refractivity contribution in [1.29, 1.82) is 0 Å². The lowest BCUT2D eigenvalue weighted by Gasteiger charge is -2.12. The zero-order valence-electron chi connectivity index (χ0n) is 16.7. The van der Waals surface area contributed by atoms with Gasteiger partial charge in [0.2, 0.25) is 0 Å². The summed E-state index contributed by atoms with van der Waals surface area (Å²) in [6.07, 6.45) is 3.88. The molecule has 0 N–H and O–H groups in total. The highest BCUT2D eigenvalue weighted by Crippen LogP contribution is 2.12. The van der Waals surface area contributed by atoms with Crippen LogP contribution < -0.4 is 11.2 Å². The van der Waals surface area contributed by atoms with Gasteiger partial charge in [0.25, 0.3) is 5.56 Å². The minimum Gasteiger partial charge on any atom is -0.325 e. The predicted octanol–water partition coefficient (Wildman–Crippen LogP) is 3.17. The van der Waals surface area contributed by atoms with E-state index in [-0.39, 0.29) is 23.6 Å². The van der Waals surface area contributed by atoms with Crippen molar-refractivity contribution >= 4 is 11.2 Å². The Hall–Kier alpha value is -2.70. The van der Waals surface area contributed by atoms with Gasteiger partial charge >= 0.3 is 5.69 Å². The number of hydrogen-bond donors (Lipinski definition) is 0. The molecule has 150 valence electrons. The number of halogens is 1. The van der Waals surface area contributed by atoms with E-state index in [9.17, 15) is 14.0 Å². The Morgan fingerprint density at radius 3 is 2.46 bits per heavy atom. The second kappa shape index (κ2) is 8.54. The van der Waals surface area contributed by atoms with Crippen LogP contribution in [0.3, 0.4) is 0 Å². The fraction of sp³-hybridized carbons (Fsp3) is 0.476. The summed E-state index contributed by atoms with van der Waals surface area (Å²) in [5, 5.41) is 0. The van der Waals surface area contributed by atoms with Crippen molar-refractivity contribution in [3.8, 4) is 0 Å². The van der Waals surface area contributed by atoms with Crippen LogP contribution in [0.15, 0.2) is 33.9 Å². The maximum atomic E-state index is 13.8. The van der Waals surface area contributed by atoms with Crippen molar-refractivity contribution in [1.82, 2.24) is 18.7 Å². The van der Waals surface area contributed by atoms with Gasteiger partial charge in [-0.25, -0.2) is 14.2 Å². The van der Waals surface area contributed by atoms with Gasteiger partial charge in [-0.15, -0.1) is 0 Å². The van der Waals surface area contributed by atoms with Crippen molar-refractivity contribution in [3.63, 3.8) is 0 Å². The lowest BCUT2D eigenvalue weighted by Crippen LogP contribution is -2.40. The number of hydrogen-bond acceptors (Lipinski definition) is 3. The molecule has 1 aromatic carbocycles. The third-order valence-electron chi connectivity index (χ3n) is 5.24. The summed E-state index contributed by atoms with van der Waals surface area (Å²) < 4.78 is 18.5. The molecular formula is C21H27FN4O2. The first kappa shape index (κ1) is 20.0. The zero-order valence-corrected chi connectivity index (χ0v) is 16.7.